The molecule has 3 heterocycles. The molecular formula is C34H33N3O14S2. The van der Waals surface area contributed by atoms with Crippen molar-refractivity contribution in [1.29, 1.82) is 0 Å². The normalized spacial score (nSPS) is 11.4. The number of anilines is 1. The van der Waals surface area contributed by atoms with Crippen molar-refractivity contribution < 1.29 is 57.3 Å². The number of carbonyl (C=O) groups is 4. The molecule has 3 aromatic heterocycles. The maximum atomic E-state index is 13.1. The van der Waals surface area contributed by atoms with Gasteiger partial charge in [-0.05, 0) is 73.8 Å². The van der Waals surface area contributed by atoms with Gasteiger partial charge in [0.1, 0.15) is 17.6 Å². The van der Waals surface area contributed by atoms with Gasteiger partial charge in [0.05, 0.1) is 79.9 Å². The third-order valence-corrected chi connectivity index (χ3v) is 8.69. The predicted octanol–water partition coefficient (Wildman–Crippen LogP) is 5.35. The van der Waals surface area contributed by atoms with E-state index in [9.17, 15) is 39.0 Å². The number of aliphatic carboxylic acids is 2. The number of furan rings is 2. The summed E-state index contributed by atoms with van der Waals surface area (Å²) in [7, 11) is 1.30. The lowest BCUT2D eigenvalue weighted by atomic mass is 10.1. The molecule has 5 rings (SSSR count). The molecule has 280 valence electrons. The van der Waals surface area contributed by atoms with Gasteiger partial charge in [0, 0.05) is 9.79 Å². The summed E-state index contributed by atoms with van der Waals surface area (Å²) in [5.74, 6) is -3.28. The Morgan fingerprint density at radius 2 is 1.60 bits per heavy atom. The van der Waals surface area contributed by atoms with Gasteiger partial charge in [-0.25, -0.2) is 28.6 Å². The molecule has 0 aliphatic carbocycles. The number of carbonyl (C=O) groups excluding carboxylic acids is 1. The van der Waals surface area contributed by atoms with Crippen LogP contribution in [0.5, 0.6) is 0 Å². The van der Waals surface area contributed by atoms with Crippen molar-refractivity contribution in [3.63, 3.8) is 0 Å². The summed E-state index contributed by atoms with van der Waals surface area (Å²) in [6.45, 7) is 1.88. The number of carboxylic acid groups (broad SMARTS) is 3. The summed E-state index contributed by atoms with van der Waals surface area (Å²) in [5.41, 5.74) is -1.37. The van der Waals surface area contributed by atoms with Crippen molar-refractivity contribution in [1.82, 2.24) is 9.13 Å². The third kappa shape index (κ3) is 9.98. The first-order chi connectivity index (χ1) is 25.4. The number of amides is 1. The van der Waals surface area contributed by atoms with Crippen LogP contribution in [0, 0.1) is 0 Å². The maximum absolute atomic E-state index is 13.1. The minimum Gasteiger partial charge on any atom is -0.481 e. The van der Waals surface area contributed by atoms with E-state index in [0.717, 1.165) is 21.5 Å². The zero-order chi connectivity index (χ0) is 38.7. The quantitative estimate of drug-likeness (QED) is 0.0527. The first-order valence-electron chi connectivity index (χ1n) is 15.4. The summed E-state index contributed by atoms with van der Waals surface area (Å²) in [5, 5.41) is 28.0. The highest BCUT2D eigenvalue weighted by atomic mass is 32.2. The monoisotopic (exact) mass is 771 g/mol. The summed E-state index contributed by atoms with van der Waals surface area (Å²) in [6.07, 6.45) is 3.18. The molecule has 0 saturated carbocycles. The SMILES string of the molecule is CCOC(=O)N(Cc1ccco1)c1ccc(SC)cc1C(=O)O.COOSc1ccc2c(c1)c(=O)n([C@H](CC(=O)O)C(=O)O)c(=O)n2Cc1ccco1. The smallest absolute Gasteiger partial charge is 0.414 e. The Kier molecular flexibility index (Phi) is 14.1. The van der Waals surface area contributed by atoms with Crippen molar-refractivity contribution in [2.45, 2.75) is 42.3 Å². The van der Waals surface area contributed by atoms with Crippen molar-refractivity contribution in [3.8, 4) is 0 Å². The number of benzene rings is 2. The fourth-order valence-corrected chi connectivity index (χ4v) is 5.87. The first-order valence-corrected chi connectivity index (χ1v) is 17.4. The lowest BCUT2D eigenvalue weighted by molar-refractivity contribution is -0.160. The topological polar surface area (TPSA) is 230 Å². The van der Waals surface area contributed by atoms with Crippen LogP contribution in [0.25, 0.3) is 10.9 Å². The van der Waals surface area contributed by atoms with Crippen LogP contribution in [0.2, 0.25) is 0 Å². The van der Waals surface area contributed by atoms with E-state index in [2.05, 4.69) is 4.89 Å². The van der Waals surface area contributed by atoms with Gasteiger partial charge < -0.3 is 28.9 Å². The Morgan fingerprint density at radius 1 is 0.925 bits per heavy atom. The molecule has 3 N–H and O–H groups in total. The van der Waals surface area contributed by atoms with Crippen LogP contribution in [0.1, 0.15) is 41.3 Å². The number of fused-ring (bicyclic) bond motifs is 1. The molecule has 1 amide bonds. The van der Waals surface area contributed by atoms with Crippen molar-refractivity contribution in [2.75, 3.05) is 24.9 Å². The van der Waals surface area contributed by atoms with Crippen molar-refractivity contribution in [3.05, 3.63) is 111 Å². The van der Waals surface area contributed by atoms with Gasteiger partial charge >= 0.3 is 29.7 Å². The van der Waals surface area contributed by atoms with E-state index in [1.54, 1.807) is 49.4 Å². The molecular weight excluding hydrogens is 739 g/mol. The molecule has 17 nitrogen and oxygen atoms in total. The zero-order valence-electron chi connectivity index (χ0n) is 28.3. The van der Waals surface area contributed by atoms with Gasteiger partial charge in [-0.3, -0.25) is 19.1 Å². The summed E-state index contributed by atoms with van der Waals surface area (Å²) < 4.78 is 21.9. The average molecular weight is 772 g/mol. The molecule has 5 aromatic rings. The van der Waals surface area contributed by atoms with E-state index in [0.29, 0.717) is 21.0 Å². The van der Waals surface area contributed by atoms with Crippen LogP contribution in [-0.4, -0.2) is 68.4 Å². The number of hydrogen-bond donors (Lipinski definition) is 3. The summed E-state index contributed by atoms with van der Waals surface area (Å²) >= 11 is 2.23. The van der Waals surface area contributed by atoms with Crippen LogP contribution in [0.3, 0.4) is 0 Å². The number of carboxylic acids is 3. The molecule has 1 atom stereocenters. The number of nitrogens with zero attached hydrogens (tertiary/aromatic N) is 3. The number of aromatic nitrogens is 2. The lowest BCUT2D eigenvalue weighted by Gasteiger charge is -2.23. The van der Waals surface area contributed by atoms with E-state index in [1.807, 2.05) is 6.26 Å². The standard InChI is InChI=1S/C18H16N2O9S.C16H17NO5S/c1-27-29-30-11-4-5-13-12(7-11)16(23)20(14(17(24)25)8-15(21)22)18(26)19(13)9-10-3-2-6-28-10;1-3-21-16(20)17(10-11-5-4-8-22-11)14-7-6-12(23-2)9-13(14)15(18)19/h2-7,14H,8-9H2,1H3,(H,21,22)(H,24,25);4-9H,3,10H2,1-2H3,(H,18,19)/t14-;/m1./s1. The molecule has 0 unspecified atom stereocenters. The van der Waals surface area contributed by atoms with Crippen LogP contribution < -0.4 is 16.1 Å². The Labute approximate surface area is 308 Å². The molecule has 2 aromatic carbocycles. The lowest BCUT2D eigenvalue weighted by Crippen LogP contribution is -2.45. The van der Waals surface area contributed by atoms with Crippen molar-refractivity contribution in [2.24, 2.45) is 0 Å². The van der Waals surface area contributed by atoms with Crippen molar-refractivity contribution >= 4 is 64.4 Å². The molecule has 0 saturated heterocycles. The number of aromatic carboxylic acids is 1. The van der Waals surface area contributed by atoms with E-state index >= 15 is 0 Å². The number of thioether (sulfide) groups is 1. The van der Waals surface area contributed by atoms with E-state index in [4.69, 9.17) is 23.0 Å². The zero-order valence-corrected chi connectivity index (χ0v) is 30.0. The number of rotatable bonds is 15. The van der Waals surface area contributed by atoms with Gasteiger partial charge in [0.2, 0.25) is 0 Å². The number of hydrogen-bond acceptors (Lipinski definition) is 13. The minimum atomic E-state index is -1.89. The molecule has 53 heavy (non-hydrogen) atoms. The van der Waals surface area contributed by atoms with Crippen LogP contribution in [0.4, 0.5) is 10.5 Å². The van der Waals surface area contributed by atoms with E-state index < -0.39 is 47.7 Å². The second kappa shape index (κ2) is 18.6. The Hall–Kier alpha value is -5.76. The second-order valence-corrected chi connectivity index (χ2v) is 12.3. The predicted molar refractivity (Wildman–Crippen MR) is 190 cm³/mol. The van der Waals surface area contributed by atoms with E-state index in [1.165, 1.54) is 54.5 Å². The van der Waals surface area contributed by atoms with Crippen LogP contribution in [-0.2, 0) is 36.6 Å². The Bertz CT molecular complexity index is 2180. The van der Waals surface area contributed by atoms with Gasteiger partial charge in [-0.1, -0.05) is 0 Å². The third-order valence-electron chi connectivity index (χ3n) is 7.31. The summed E-state index contributed by atoms with van der Waals surface area (Å²) in [6, 6.07) is 14.1. The van der Waals surface area contributed by atoms with Gasteiger partial charge in [-0.15, -0.1) is 11.8 Å². The molecule has 19 heteroatoms. The fourth-order valence-electron chi connectivity index (χ4n) is 4.99. The second-order valence-electron chi connectivity index (χ2n) is 10.6. The van der Waals surface area contributed by atoms with Crippen LogP contribution in [0.15, 0.2) is 101 Å². The average Bonchev–Trinajstić information content (AvgIpc) is 3.86. The molecule has 0 aliphatic heterocycles. The molecule has 0 spiro atoms. The van der Waals surface area contributed by atoms with Crippen LogP contribution >= 0.6 is 23.8 Å². The van der Waals surface area contributed by atoms with E-state index in [-0.39, 0.29) is 41.9 Å². The highest BCUT2D eigenvalue weighted by Crippen LogP contribution is 2.28. The maximum Gasteiger partial charge on any atom is 0.414 e. The Morgan fingerprint density at radius 3 is 2.17 bits per heavy atom. The number of ether oxygens (including phenoxy) is 1. The largest absolute Gasteiger partial charge is 0.481 e. The highest BCUT2D eigenvalue weighted by molar-refractivity contribution is 7.98. The molecule has 0 radical (unpaired) electrons. The minimum absolute atomic E-state index is 0.00231. The van der Waals surface area contributed by atoms with Gasteiger partial charge in [-0.2, -0.15) is 4.33 Å². The first kappa shape index (κ1) is 40.0. The molecule has 0 fully saturated rings. The molecule has 0 aliphatic rings. The molecule has 0 bridgehead atoms. The Balaban J connectivity index is 0.000000245. The highest BCUT2D eigenvalue weighted by Gasteiger charge is 2.29. The summed E-state index contributed by atoms with van der Waals surface area (Å²) in [4.78, 5) is 79.8. The van der Waals surface area contributed by atoms with Gasteiger partial charge in [0.25, 0.3) is 5.56 Å². The fraction of sp³-hybridized carbons (Fsp3) is 0.235. The van der Waals surface area contributed by atoms with Gasteiger partial charge in [0.15, 0.2) is 0 Å².